The Morgan fingerprint density at radius 2 is 2.00 bits per heavy atom. The van der Waals surface area contributed by atoms with E-state index in [0.29, 0.717) is 0 Å². The molecule has 0 fully saturated rings. The highest BCUT2D eigenvalue weighted by molar-refractivity contribution is 9.11. The zero-order valence-corrected chi connectivity index (χ0v) is 10.5. The van der Waals surface area contributed by atoms with Crippen LogP contribution in [0.5, 0.6) is 0 Å². The predicted octanol–water partition coefficient (Wildman–Crippen LogP) is 5.08. The van der Waals surface area contributed by atoms with Gasteiger partial charge in [0, 0.05) is 9.86 Å². The summed E-state index contributed by atoms with van der Waals surface area (Å²) >= 11 is 14.6. The molecule has 0 spiro atoms. The van der Waals surface area contributed by atoms with Gasteiger partial charge < -0.3 is 0 Å². The highest BCUT2D eigenvalue weighted by atomic mass is 79.9. The average molecular weight is 326 g/mol. The van der Waals surface area contributed by atoms with Crippen molar-refractivity contribution >= 4 is 64.9 Å². The van der Waals surface area contributed by atoms with E-state index in [0.717, 1.165) is 18.7 Å². The average Bonchev–Trinajstić information content (AvgIpc) is 2.32. The van der Waals surface area contributed by atoms with Crippen LogP contribution < -0.4 is 0 Å². The Morgan fingerprint density at radius 3 is 2.67 bits per heavy atom. The maximum atomic E-state index is 6.06. The summed E-state index contributed by atoms with van der Waals surface area (Å²) in [6.07, 6.45) is 0. The Kier molecular flexibility index (Phi) is 2.47. The smallest absolute Gasteiger partial charge is 0.0897 e. The minimum Gasteiger partial charge on any atom is -0.125 e. The fraction of sp³-hybridized carbons (Fsp3) is 0. The van der Waals surface area contributed by atoms with Crippen LogP contribution in [0.15, 0.2) is 26.5 Å². The molecule has 0 aliphatic carbocycles. The normalized spacial score (nSPS) is 10.9. The van der Waals surface area contributed by atoms with Crippen molar-refractivity contribution in [1.29, 1.82) is 0 Å². The second-order valence-corrected chi connectivity index (χ2v) is 5.88. The second-order valence-electron chi connectivity index (χ2n) is 2.31. The van der Waals surface area contributed by atoms with Crippen LogP contribution in [0.3, 0.4) is 0 Å². The second kappa shape index (κ2) is 3.29. The Hall–Kier alpha value is 0.430. The van der Waals surface area contributed by atoms with Gasteiger partial charge in [0.25, 0.3) is 0 Å². The van der Waals surface area contributed by atoms with Gasteiger partial charge >= 0.3 is 0 Å². The van der Waals surface area contributed by atoms with E-state index in [1.54, 1.807) is 11.3 Å². The highest BCUT2D eigenvalue weighted by Gasteiger charge is 2.08. The minimum absolute atomic E-state index is 0.802. The molecule has 1 heterocycles. The van der Waals surface area contributed by atoms with Crippen LogP contribution >= 0.6 is 54.8 Å². The number of benzene rings is 1. The molecule has 0 atom stereocenters. The third-order valence-electron chi connectivity index (χ3n) is 1.57. The van der Waals surface area contributed by atoms with Crippen molar-refractivity contribution < 1.29 is 0 Å². The summed E-state index contributed by atoms with van der Waals surface area (Å²) in [5.41, 5.74) is 0. The molecule has 0 radical (unpaired) electrons. The van der Waals surface area contributed by atoms with Gasteiger partial charge in [-0.05, 0) is 37.9 Å². The lowest BCUT2D eigenvalue weighted by Gasteiger charge is -1.91. The summed E-state index contributed by atoms with van der Waals surface area (Å²) in [5.74, 6) is 0. The molecule has 2 aromatic rings. The lowest BCUT2D eigenvalue weighted by Crippen LogP contribution is -1.64. The number of thiophene rings is 1. The molecule has 0 saturated carbocycles. The van der Waals surface area contributed by atoms with Gasteiger partial charge in [-0.25, -0.2) is 0 Å². The van der Waals surface area contributed by atoms with Gasteiger partial charge in [-0.15, -0.1) is 11.3 Å². The number of fused-ring (bicyclic) bond motifs is 1. The van der Waals surface area contributed by atoms with Crippen LogP contribution in [-0.4, -0.2) is 0 Å². The first-order valence-electron chi connectivity index (χ1n) is 3.22. The molecule has 0 aliphatic rings. The molecule has 0 unspecified atom stereocenters. The van der Waals surface area contributed by atoms with Crippen molar-refractivity contribution in [2.24, 2.45) is 0 Å². The van der Waals surface area contributed by atoms with Crippen LogP contribution in [0.2, 0.25) is 5.02 Å². The molecular formula is C8H3Br2ClS. The first-order valence-corrected chi connectivity index (χ1v) is 6.00. The molecule has 0 saturated heterocycles. The van der Waals surface area contributed by atoms with Gasteiger partial charge in [-0.2, -0.15) is 0 Å². The van der Waals surface area contributed by atoms with E-state index in [9.17, 15) is 0 Å². The third kappa shape index (κ3) is 1.33. The molecule has 0 bridgehead atoms. The third-order valence-corrected chi connectivity index (χ3v) is 5.13. The van der Waals surface area contributed by atoms with E-state index in [1.807, 2.05) is 18.2 Å². The molecule has 2 rings (SSSR count). The largest absolute Gasteiger partial charge is 0.125 e. The zero-order valence-electron chi connectivity index (χ0n) is 5.77. The van der Waals surface area contributed by atoms with E-state index in [4.69, 9.17) is 11.6 Å². The van der Waals surface area contributed by atoms with Crippen molar-refractivity contribution in [3.63, 3.8) is 0 Å². The number of hydrogen-bond acceptors (Lipinski definition) is 1. The van der Waals surface area contributed by atoms with Gasteiger partial charge in [0.1, 0.15) is 0 Å². The number of rotatable bonds is 0. The van der Waals surface area contributed by atoms with E-state index in [1.165, 1.54) is 4.70 Å². The summed E-state index contributed by atoms with van der Waals surface area (Å²) in [6, 6.07) is 6.02. The first-order chi connectivity index (χ1) is 5.70. The van der Waals surface area contributed by atoms with Crippen molar-refractivity contribution in [3.8, 4) is 0 Å². The molecular weight excluding hydrogens is 323 g/mol. The molecule has 0 aliphatic heterocycles. The quantitative estimate of drug-likeness (QED) is 0.633. The maximum absolute atomic E-state index is 6.06. The molecule has 4 heteroatoms. The maximum Gasteiger partial charge on any atom is 0.0897 e. The number of hydrogen-bond donors (Lipinski definition) is 0. The van der Waals surface area contributed by atoms with E-state index in [2.05, 4.69) is 31.9 Å². The van der Waals surface area contributed by atoms with E-state index >= 15 is 0 Å². The van der Waals surface area contributed by atoms with Crippen molar-refractivity contribution in [2.75, 3.05) is 0 Å². The molecule has 0 amide bonds. The SMILES string of the molecule is Clc1c(Br)sc2c(Br)cccc12. The van der Waals surface area contributed by atoms with Crippen molar-refractivity contribution in [3.05, 3.63) is 31.5 Å². The Balaban J connectivity index is 2.95. The highest BCUT2D eigenvalue weighted by Crippen LogP contribution is 2.41. The van der Waals surface area contributed by atoms with E-state index in [-0.39, 0.29) is 0 Å². The lowest BCUT2D eigenvalue weighted by atomic mass is 10.3. The Morgan fingerprint density at radius 1 is 1.25 bits per heavy atom. The van der Waals surface area contributed by atoms with Crippen LogP contribution in [0, 0.1) is 0 Å². The Labute approximate surface area is 95.8 Å². The predicted molar refractivity (Wildman–Crippen MR) is 62.2 cm³/mol. The molecule has 1 aromatic heterocycles. The van der Waals surface area contributed by atoms with Crippen LogP contribution in [0.4, 0.5) is 0 Å². The summed E-state index contributed by atoms with van der Waals surface area (Å²) in [6.45, 7) is 0. The van der Waals surface area contributed by atoms with Crippen LogP contribution in [0.1, 0.15) is 0 Å². The zero-order chi connectivity index (χ0) is 8.72. The summed E-state index contributed by atoms with van der Waals surface area (Å²) in [5, 5.41) is 1.90. The van der Waals surface area contributed by atoms with Crippen molar-refractivity contribution in [1.82, 2.24) is 0 Å². The van der Waals surface area contributed by atoms with Gasteiger partial charge in [0.05, 0.1) is 13.5 Å². The number of halogens is 3. The summed E-state index contributed by atoms with van der Waals surface area (Å²) in [4.78, 5) is 0. The van der Waals surface area contributed by atoms with Crippen molar-refractivity contribution in [2.45, 2.75) is 0 Å². The summed E-state index contributed by atoms with van der Waals surface area (Å²) < 4.78 is 3.28. The fourth-order valence-corrected chi connectivity index (χ4v) is 3.49. The van der Waals surface area contributed by atoms with Gasteiger partial charge in [0.2, 0.25) is 0 Å². The first kappa shape index (κ1) is 9.00. The van der Waals surface area contributed by atoms with E-state index < -0.39 is 0 Å². The topological polar surface area (TPSA) is 0 Å². The molecule has 0 nitrogen and oxygen atoms in total. The molecule has 62 valence electrons. The summed E-state index contributed by atoms with van der Waals surface area (Å²) in [7, 11) is 0. The Bertz CT molecular complexity index is 436. The van der Waals surface area contributed by atoms with Gasteiger partial charge in [0.15, 0.2) is 0 Å². The molecule has 0 N–H and O–H groups in total. The minimum atomic E-state index is 0.802. The van der Waals surface area contributed by atoms with Crippen LogP contribution in [0.25, 0.3) is 10.1 Å². The fourth-order valence-electron chi connectivity index (χ4n) is 1.03. The van der Waals surface area contributed by atoms with Crippen LogP contribution in [-0.2, 0) is 0 Å². The monoisotopic (exact) mass is 324 g/mol. The molecule has 1 aromatic carbocycles. The van der Waals surface area contributed by atoms with Gasteiger partial charge in [-0.3, -0.25) is 0 Å². The standard InChI is InChI=1S/C8H3Br2ClS/c9-5-3-1-2-4-6(11)8(10)12-7(4)5/h1-3H. The lowest BCUT2D eigenvalue weighted by molar-refractivity contribution is 1.79. The van der Waals surface area contributed by atoms with Gasteiger partial charge in [-0.1, -0.05) is 23.7 Å². The molecule has 12 heavy (non-hydrogen) atoms.